The van der Waals surface area contributed by atoms with Crippen LogP contribution in [0.4, 0.5) is 11.4 Å². The molecule has 4 aliphatic rings. The van der Waals surface area contributed by atoms with Gasteiger partial charge in [0.2, 0.25) is 11.8 Å². The third-order valence-electron chi connectivity index (χ3n) is 8.65. The molecule has 3 unspecified atom stereocenters. The number of nitrogens with one attached hydrogen (secondary N) is 2. The minimum absolute atomic E-state index is 0.0676. The SMILES string of the molecule is NCC1CCCC(CNC(=O)c2ccc3c(c2)NC(=O)CC(C2CCCCC2)N3C(=O)C2CC2)C1. The van der Waals surface area contributed by atoms with Crippen LogP contribution in [-0.2, 0) is 9.59 Å². The van der Waals surface area contributed by atoms with Gasteiger partial charge in [0.15, 0.2) is 0 Å². The van der Waals surface area contributed by atoms with Gasteiger partial charge in [0, 0.05) is 30.5 Å². The predicted molar refractivity (Wildman–Crippen MR) is 137 cm³/mol. The van der Waals surface area contributed by atoms with Crippen LogP contribution >= 0.6 is 0 Å². The average molecular weight is 481 g/mol. The zero-order valence-corrected chi connectivity index (χ0v) is 20.8. The van der Waals surface area contributed by atoms with E-state index in [4.69, 9.17) is 5.73 Å². The molecule has 3 saturated carbocycles. The van der Waals surface area contributed by atoms with Gasteiger partial charge < -0.3 is 21.3 Å². The van der Waals surface area contributed by atoms with Crippen LogP contribution in [0.15, 0.2) is 18.2 Å². The van der Waals surface area contributed by atoms with E-state index in [9.17, 15) is 14.4 Å². The summed E-state index contributed by atoms with van der Waals surface area (Å²) < 4.78 is 0. The highest BCUT2D eigenvalue weighted by molar-refractivity contribution is 6.07. The lowest BCUT2D eigenvalue weighted by molar-refractivity contribution is -0.121. The van der Waals surface area contributed by atoms with E-state index in [1.54, 1.807) is 12.1 Å². The van der Waals surface area contributed by atoms with Gasteiger partial charge in [0.25, 0.3) is 5.91 Å². The fourth-order valence-electron chi connectivity index (χ4n) is 6.50. The van der Waals surface area contributed by atoms with Crippen molar-refractivity contribution in [3.63, 3.8) is 0 Å². The molecule has 7 heteroatoms. The molecule has 190 valence electrons. The molecule has 3 atom stereocenters. The Kier molecular flexibility index (Phi) is 7.42. The Balaban J connectivity index is 1.35. The predicted octanol–water partition coefficient (Wildman–Crippen LogP) is 4.22. The van der Waals surface area contributed by atoms with Crippen LogP contribution in [0.2, 0.25) is 0 Å². The lowest BCUT2D eigenvalue weighted by atomic mass is 9.81. The van der Waals surface area contributed by atoms with Crippen molar-refractivity contribution in [3.05, 3.63) is 23.8 Å². The highest BCUT2D eigenvalue weighted by Crippen LogP contribution is 2.42. The first kappa shape index (κ1) is 24.3. The molecule has 35 heavy (non-hydrogen) atoms. The number of carbonyl (C=O) groups is 3. The summed E-state index contributed by atoms with van der Waals surface area (Å²) in [4.78, 5) is 41.4. The highest BCUT2D eigenvalue weighted by Gasteiger charge is 2.42. The second kappa shape index (κ2) is 10.7. The lowest BCUT2D eigenvalue weighted by Crippen LogP contribution is -2.46. The van der Waals surface area contributed by atoms with Gasteiger partial charge in [0.05, 0.1) is 11.4 Å². The molecule has 1 aromatic rings. The zero-order valence-electron chi connectivity index (χ0n) is 20.8. The van der Waals surface area contributed by atoms with E-state index < -0.39 is 0 Å². The van der Waals surface area contributed by atoms with Gasteiger partial charge in [-0.3, -0.25) is 14.4 Å². The molecule has 1 aliphatic heterocycles. The number of fused-ring (bicyclic) bond motifs is 1. The maximum absolute atomic E-state index is 13.5. The number of benzene rings is 1. The van der Waals surface area contributed by atoms with Crippen molar-refractivity contribution in [1.82, 2.24) is 5.32 Å². The Bertz CT molecular complexity index is 954. The van der Waals surface area contributed by atoms with Gasteiger partial charge >= 0.3 is 0 Å². The lowest BCUT2D eigenvalue weighted by Gasteiger charge is -2.38. The molecule has 1 heterocycles. The van der Waals surface area contributed by atoms with Crippen molar-refractivity contribution < 1.29 is 14.4 Å². The summed E-state index contributed by atoms with van der Waals surface area (Å²) in [5, 5.41) is 6.12. The molecule has 5 rings (SSSR count). The van der Waals surface area contributed by atoms with E-state index in [0.29, 0.717) is 48.5 Å². The number of nitrogens with two attached hydrogens (primary N) is 1. The largest absolute Gasteiger partial charge is 0.352 e. The van der Waals surface area contributed by atoms with Crippen LogP contribution in [0.3, 0.4) is 0 Å². The Morgan fingerprint density at radius 1 is 1.00 bits per heavy atom. The third kappa shape index (κ3) is 5.55. The molecule has 4 N–H and O–H groups in total. The van der Waals surface area contributed by atoms with E-state index in [-0.39, 0.29) is 29.7 Å². The van der Waals surface area contributed by atoms with Crippen LogP contribution in [0.5, 0.6) is 0 Å². The van der Waals surface area contributed by atoms with Crippen molar-refractivity contribution in [3.8, 4) is 0 Å². The molecule has 3 fully saturated rings. The quantitative estimate of drug-likeness (QED) is 0.567. The Morgan fingerprint density at radius 2 is 1.77 bits per heavy atom. The van der Waals surface area contributed by atoms with Gasteiger partial charge in [-0.2, -0.15) is 0 Å². The summed E-state index contributed by atoms with van der Waals surface area (Å²) in [6.07, 6.45) is 12.4. The van der Waals surface area contributed by atoms with Gasteiger partial charge in [-0.1, -0.05) is 25.7 Å². The van der Waals surface area contributed by atoms with E-state index in [1.807, 2.05) is 11.0 Å². The van der Waals surface area contributed by atoms with Crippen molar-refractivity contribution in [1.29, 1.82) is 0 Å². The smallest absolute Gasteiger partial charge is 0.251 e. The first-order valence-corrected chi connectivity index (χ1v) is 13.8. The fourth-order valence-corrected chi connectivity index (χ4v) is 6.50. The molecule has 3 aliphatic carbocycles. The highest BCUT2D eigenvalue weighted by atomic mass is 16.2. The number of anilines is 2. The molecule has 1 aromatic carbocycles. The molecule has 0 radical (unpaired) electrons. The number of nitrogens with zero attached hydrogens (tertiary/aromatic N) is 1. The Labute approximate surface area is 208 Å². The third-order valence-corrected chi connectivity index (χ3v) is 8.65. The first-order valence-electron chi connectivity index (χ1n) is 13.8. The monoisotopic (exact) mass is 480 g/mol. The fraction of sp³-hybridized carbons (Fsp3) is 0.679. The standard InChI is InChI=1S/C28H40N4O3/c29-16-18-5-4-6-19(13-18)17-30-27(34)22-11-12-24-23(14-22)31-26(33)15-25(20-7-2-1-3-8-20)32(24)28(35)21-9-10-21/h11-12,14,18-21,25H,1-10,13,15-17,29H2,(H,30,34)(H,31,33). The van der Waals surface area contributed by atoms with E-state index in [0.717, 1.165) is 57.1 Å². The number of carbonyl (C=O) groups excluding carboxylic acids is 3. The van der Waals surface area contributed by atoms with E-state index in [2.05, 4.69) is 10.6 Å². The van der Waals surface area contributed by atoms with Crippen LogP contribution in [0.25, 0.3) is 0 Å². The van der Waals surface area contributed by atoms with Crippen molar-refractivity contribution >= 4 is 29.1 Å². The number of amides is 3. The summed E-state index contributed by atoms with van der Waals surface area (Å²) in [7, 11) is 0. The average Bonchev–Trinajstić information content (AvgIpc) is 3.74. The van der Waals surface area contributed by atoms with Gasteiger partial charge in [-0.15, -0.1) is 0 Å². The summed E-state index contributed by atoms with van der Waals surface area (Å²) in [5.41, 5.74) is 7.71. The molecular formula is C28H40N4O3. The second-order valence-electron chi connectivity index (χ2n) is 11.3. The second-order valence-corrected chi connectivity index (χ2v) is 11.3. The van der Waals surface area contributed by atoms with Crippen molar-refractivity contribution in [2.24, 2.45) is 29.4 Å². The maximum Gasteiger partial charge on any atom is 0.251 e. The normalized spacial score (nSPS) is 27.5. The Hall–Kier alpha value is -2.41. The van der Waals surface area contributed by atoms with Gasteiger partial charge in [-0.25, -0.2) is 0 Å². The van der Waals surface area contributed by atoms with Crippen LogP contribution in [0, 0.1) is 23.7 Å². The van der Waals surface area contributed by atoms with Crippen molar-refractivity contribution in [2.75, 3.05) is 23.3 Å². The first-order chi connectivity index (χ1) is 17.0. The molecule has 3 amide bonds. The summed E-state index contributed by atoms with van der Waals surface area (Å²) in [6, 6.07) is 5.32. The zero-order chi connectivity index (χ0) is 24.4. The number of rotatable bonds is 6. The summed E-state index contributed by atoms with van der Waals surface area (Å²) in [6.45, 7) is 1.36. The number of hydrogen-bond donors (Lipinski definition) is 3. The molecule has 0 bridgehead atoms. The van der Waals surface area contributed by atoms with E-state index in [1.165, 1.54) is 19.3 Å². The minimum Gasteiger partial charge on any atom is -0.352 e. The van der Waals surface area contributed by atoms with Crippen LogP contribution < -0.4 is 21.3 Å². The minimum atomic E-state index is -0.134. The molecule has 0 aromatic heterocycles. The van der Waals surface area contributed by atoms with Gasteiger partial charge in [-0.05, 0) is 87.4 Å². The molecular weight excluding hydrogens is 440 g/mol. The summed E-state index contributed by atoms with van der Waals surface area (Å²) >= 11 is 0. The topological polar surface area (TPSA) is 105 Å². The number of hydrogen-bond acceptors (Lipinski definition) is 4. The van der Waals surface area contributed by atoms with E-state index >= 15 is 0 Å². The summed E-state index contributed by atoms with van der Waals surface area (Å²) in [5.74, 6) is 1.37. The van der Waals surface area contributed by atoms with Crippen LogP contribution in [0.1, 0.15) is 87.4 Å². The van der Waals surface area contributed by atoms with Crippen LogP contribution in [-0.4, -0.2) is 36.9 Å². The van der Waals surface area contributed by atoms with Crippen molar-refractivity contribution in [2.45, 2.75) is 83.1 Å². The maximum atomic E-state index is 13.5. The molecule has 0 spiro atoms. The Morgan fingerprint density at radius 3 is 2.51 bits per heavy atom. The van der Waals surface area contributed by atoms with Gasteiger partial charge in [0.1, 0.15) is 0 Å². The molecule has 7 nitrogen and oxygen atoms in total. The molecule has 0 saturated heterocycles.